The number of benzene rings is 2. The minimum Gasteiger partial charge on any atom is -0.326 e. The standard InChI is InChI=1S/C18H11ClF4N2O2S/c1-8(26)24-10-3-5-13(12(7-10)18(21,22)23)25-17(27)16-15(19)11-4-2-9(20)6-14(11)28-16/h2-7H,1H3,(H,24,26)(H,25,27). The summed E-state index contributed by atoms with van der Waals surface area (Å²) in [4.78, 5) is 23.5. The lowest BCUT2D eigenvalue weighted by atomic mass is 10.1. The Hall–Kier alpha value is -2.65. The molecule has 146 valence electrons. The molecule has 0 fully saturated rings. The zero-order valence-corrected chi connectivity index (χ0v) is 15.7. The third kappa shape index (κ3) is 4.10. The van der Waals surface area contributed by atoms with Crippen LogP contribution in [0.15, 0.2) is 36.4 Å². The Bertz CT molecular complexity index is 1100. The number of hydrogen-bond donors (Lipinski definition) is 2. The Balaban J connectivity index is 1.98. The van der Waals surface area contributed by atoms with Gasteiger partial charge in [-0.05, 0) is 36.4 Å². The normalized spacial score (nSPS) is 11.5. The van der Waals surface area contributed by atoms with Crippen LogP contribution in [0.5, 0.6) is 0 Å². The van der Waals surface area contributed by atoms with Crippen molar-refractivity contribution in [2.75, 3.05) is 10.6 Å². The average molecular weight is 431 g/mol. The van der Waals surface area contributed by atoms with Crippen molar-refractivity contribution in [1.29, 1.82) is 0 Å². The summed E-state index contributed by atoms with van der Waals surface area (Å²) in [5, 5.41) is 4.90. The van der Waals surface area contributed by atoms with E-state index in [4.69, 9.17) is 11.6 Å². The first kappa shape index (κ1) is 20.1. The SMILES string of the molecule is CC(=O)Nc1ccc(NC(=O)c2sc3cc(F)ccc3c2Cl)c(C(F)(F)F)c1. The predicted molar refractivity (Wildman–Crippen MR) is 100 cm³/mol. The van der Waals surface area contributed by atoms with Gasteiger partial charge in [-0.25, -0.2) is 4.39 Å². The van der Waals surface area contributed by atoms with Crippen LogP contribution in [0, 0.1) is 5.82 Å². The van der Waals surface area contributed by atoms with E-state index in [0.29, 0.717) is 10.1 Å². The van der Waals surface area contributed by atoms with Crippen molar-refractivity contribution in [3.8, 4) is 0 Å². The van der Waals surface area contributed by atoms with Crippen LogP contribution in [0.2, 0.25) is 5.02 Å². The number of thiophene rings is 1. The highest BCUT2D eigenvalue weighted by Gasteiger charge is 2.34. The first-order valence-corrected chi connectivity index (χ1v) is 8.93. The molecule has 0 bridgehead atoms. The van der Waals surface area contributed by atoms with Crippen molar-refractivity contribution in [2.45, 2.75) is 13.1 Å². The number of halogens is 5. The summed E-state index contributed by atoms with van der Waals surface area (Å²) in [7, 11) is 0. The summed E-state index contributed by atoms with van der Waals surface area (Å²) in [6.45, 7) is 1.16. The molecule has 0 aliphatic rings. The Morgan fingerprint density at radius 1 is 1.07 bits per heavy atom. The molecule has 2 N–H and O–H groups in total. The van der Waals surface area contributed by atoms with Crippen LogP contribution >= 0.6 is 22.9 Å². The van der Waals surface area contributed by atoms with E-state index < -0.39 is 35.1 Å². The highest BCUT2D eigenvalue weighted by Crippen LogP contribution is 2.39. The van der Waals surface area contributed by atoms with E-state index in [1.807, 2.05) is 0 Å². The molecule has 0 spiro atoms. The fraction of sp³-hybridized carbons (Fsp3) is 0.111. The van der Waals surface area contributed by atoms with Gasteiger partial charge < -0.3 is 10.6 Å². The summed E-state index contributed by atoms with van der Waals surface area (Å²) in [6.07, 6.45) is -4.77. The second-order valence-corrected chi connectivity index (χ2v) is 7.21. The van der Waals surface area contributed by atoms with Gasteiger partial charge in [-0.3, -0.25) is 9.59 Å². The molecule has 3 aromatic rings. The zero-order chi connectivity index (χ0) is 20.6. The van der Waals surface area contributed by atoms with Gasteiger partial charge in [0.05, 0.1) is 16.3 Å². The number of rotatable bonds is 3. The topological polar surface area (TPSA) is 58.2 Å². The molecule has 2 aromatic carbocycles. The maximum Gasteiger partial charge on any atom is 0.418 e. The maximum atomic E-state index is 13.4. The molecule has 1 aromatic heterocycles. The van der Waals surface area contributed by atoms with Gasteiger partial charge in [0.15, 0.2) is 0 Å². The average Bonchev–Trinajstić information content (AvgIpc) is 2.91. The van der Waals surface area contributed by atoms with Gasteiger partial charge in [-0.15, -0.1) is 11.3 Å². The summed E-state index contributed by atoms with van der Waals surface area (Å²) in [5.41, 5.74) is -1.69. The fourth-order valence-corrected chi connectivity index (χ4v) is 3.97. The van der Waals surface area contributed by atoms with Gasteiger partial charge in [0.25, 0.3) is 5.91 Å². The highest BCUT2D eigenvalue weighted by atomic mass is 35.5. The number of alkyl halides is 3. The molecular formula is C18H11ClF4N2O2S. The highest BCUT2D eigenvalue weighted by molar-refractivity contribution is 7.21. The van der Waals surface area contributed by atoms with Crippen LogP contribution in [0.25, 0.3) is 10.1 Å². The lowest BCUT2D eigenvalue weighted by Gasteiger charge is -2.15. The maximum absolute atomic E-state index is 13.4. The molecule has 0 atom stereocenters. The quantitative estimate of drug-likeness (QED) is 0.506. The van der Waals surface area contributed by atoms with Crippen LogP contribution in [-0.4, -0.2) is 11.8 Å². The monoisotopic (exact) mass is 430 g/mol. The molecule has 2 amide bonds. The minimum absolute atomic E-state index is 0.0286. The number of fused-ring (bicyclic) bond motifs is 1. The fourth-order valence-electron chi connectivity index (χ4n) is 2.53. The van der Waals surface area contributed by atoms with Crippen molar-refractivity contribution >= 4 is 56.2 Å². The van der Waals surface area contributed by atoms with Crippen molar-refractivity contribution in [3.05, 3.63) is 57.7 Å². The van der Waals surface area contributed by atoms with E-state index in [-0.39, 0.29) is 15.6 Å². The van der Waals surface area contributed by atoms with Gasteiger partial charge in [0.2, 0.25) is 5.91 Å². The Kier molecular flexibility index (Phi) is 5.31. The number of hydrogen-bond acceptors (Lipinski definition) is 3. The lowest BCUT2D eigenvalue weighted by molar-refractivity contribution is -0.137. The third-order valence-electron chi connectivity index (χ3n) is 3.69. The lowest BCUT2D eigenvalue weighted by Crippen LogP contribution is -2.17. The van der Waals surface area contributed by atoms with Crippen LogP contribution < -0.4 is 10.6 Å². The number of carbonyl (C=O) groups excluding carboxylic acids is 2. The second kappa shape index (κ2) is 7.40. The van der Waals surface area contributed by atoms with E-state index in [0.717, 1.165) is 30.4 Å². The third-order valence-corrected chi connectivity index (χ3v) is 5.35. The molecule has 28 heavy (non-hydrogen) atoms. The Labute approximate surface area is 165 Å². The van der Waals surface area contributed by atoms with Crippen LogP contribution in [0.1, 0.15) is 22.2 Å². The molecule has 4 nitrogen and oxygen atoms in total. The molecule has 0 unspecified atom stereocenters. The first-order chi connectivity index (χ1) is 13.1. The molecule has 3 rings (SSSR count). The first-order valence-electron chi connectivity index (χ1n) is 7.74. The largest absolute Gasteiger partial charge is 0.418 e. The van der Waals surface area contributed by atoms with Gasteiger partial charge in [0, 0.05) is 22.7 Å². The van der Waals surface area contributed by atoms with Gasteiger partial charge in [0.1, 0.15) is 10.7 Å². The molecular weight excluding hydrogens is 420 g/mol. The van der Waals surface area contributed by atoms with Crippen LogP contribution in [-0.2, 0) is 11.0 Å². The minimum atomic E-state index is -4.77. The van der Waals surface area contributed by atoms with Crippen molar-refractivity contribution in [1.82, 2.24) is 0 Å². The summed E-state index contributed by atoms with van der Waals surface area (Å²) >= 11 is 7.01. The molecule has 0 saturated heterocycles. The number of carbonyl (C=O) groups is 2. The van der Waals surface area contributed by atoms with E-state index in [1.165, 1.54) is 24.3 Å². The van der Waals surface area contributed by atoms with E-state index >= 15 is 0 Å². The van der Waals surface area contributed by atoms with Crippen LogP contribution in [0.4, 0.5) is 28.9 Å². The number of nitrogens with one attached hydrogen (secondary N) is 2. The summed E-state index contributed by atoms with van der Waals surface area (Å²) < 4.78 is 53.9. The summed E-state index contributed by atoms with van der Waals surface area (Å²) in [5.74, 6) is -1.91. The Morgan fingerprint density at radius 2 is 1.79 bits per heavy atom. The molecule has 10 heteroatoms. The van der Waals surface area contributed by atoms with Gasteiger partial charge in [-0.1, -0.05) is 11.6 Å². The van der Waals surface area contributed by atoms with Gasteiger partial charge in [-0.2, -0.15) is 13.2 Å². The van der Waals surface area contributed by atoms with Gasteiger partial charge >= 0.3 is 6.18 Å². The van der Waals surface area contributed by atoms with E-state index in [9.17, 15) is 27.2 Å². The molecule has 0 aliphatic carbocycles. The predicted octanol–water partition coefficient (Wildman–Crippen LogP) is 5.92. The molecule has 0 aliphatic heterocycles. The Morgan fingerprint density at radius 3 is 2.43 bits per heavy atom. The molecule has 1 heterocycles. The van der Waals surface area contributed by atoms with E-state index in [1.54, 1.807) is 0 Å². The van der Waals surface area contributed by atoms with E-state index in [2.05, 4.69) is 10.6 Å². The van der Waals surface area contributed by atoms with Crippen molar-refractivity contribution in [3.63, 3.8) is 0 Å². The molecule has 0 radical (unpaired) electrons. The number of anilines is 2. The molecule has 0 saturated carbocycles. The van der Waals surface area contributed by atoms with Crippen molar-refractivity contribution in [2.24, 2.45) is 0 Å². The smallest absolute Gasteiger partial charge is 0.326 e. The second-order valence-electron chi connectivity index (χ2n) is 5.78. The number of amides is 2. The van der Waals surface area contributed by atoms with Crippen molar-refractivity contribution < 1.29 is 27.2 Å². The summed E-state index contributed by atoms with van der Waals surface area (Å²) in [6, 6.07) is 6.74. The zero-order valence-electron chi connectivity index (χ0n) is 14.1. The van der Waals surface area contributed by atoms with Crippen LogP contribution in [0.3, 0.4) is 0 Å².